The lowest BCUT2D eigenvalue weighted by Gasteiger charge is -2.33. The summed E-state index contributed by atoms with van der Waals surface area (Å²) >= 11 is 1.27. The summed E-state index contributed by atoms with van der Waals surface area (Å²) in [4.78, 5) is 13.8. The monoisotopic (exact) mass is 649 g/mol. The lowest BCUT2D eigenvalue weighted by molar-refractivity contribution is -0.126. The van der Waals surface area contributed by atoms with E-state index in [0.29, 0.717) is 33.5 Å². The van der Waals surface area contributed by atoms with Gasteiger partial charge in [-0.1, -0.05) is 24.0 Å². The number of carbonyl (C=O) groups is 1. The lowest BCUT2D eigenvalue weighted by Crippen LogP contribution is -2.43. The second-order valence-corrected chi connectivity index (χ2v) is 15.5. The average Bonchev–Trinajstić information content (AvgIpc) is 3.53. The van der Waals surface area contributed by atoms with Crippen LogP contribution in [-0.4, -0.2) is 82.6 Å². The van der Waals surface area contributed by atoms with Crippen LogP contribution in [0, 0.1) is 11.8 Å². The van der Waals surface area contributed by atoms with E-state index in [2.05, 4.69) is 27.4 Å². The van der Waals surface area contributed by atoms with Crippen LogP contribution in [0.5, 0.6) is 5.75 Å². The number of methoxy groups -OCH3 is 1. The van der Waals surface area contributed by atoms with Crippen molar-refractivity contribution in [1.82, 2.24) is 4.90 Å². The van der Waals surface area contributed by atoms with Crippen LogP contribution in [0.1, 0.15) is 23.3 Å². The number of fused-ring (bicyclic) bond motifs is 1. The third kappa shape index (κ3) is 8.00. The first-order valence-corrected chi connectivity index (χ1v) is 17.7. The van der Waals surface area contributed by atoms with Crippen molar-refractivity contribution in [3.8, 4) is 17.6 Å². The number of hydrogen-bond acceptors (Lipinski definition) is 9. The number of anilines is 2. The molecule has 2 aromatic carbocycles. The molecule has 8 nitrogen and oxygen atoms in total. The third-order valence-corrected chi connectivity index (χ3v) is 10.3. The van der Waals surface area contributed by atoms with Crippen molar-refractivity contribution in [3.05, 3.63) is 46.8 Å². The number of likely N-dealkylation sites (tertiary alicyclic amines) is 1. The molecular formula is C31H35F3N3O5PS. The number of thiophene rings is 1. The van der Waals surface area contributed by atoms with Gasteiger partial charge in [0.15, 0.2) is 6.10 Å². The lowest BCUT2D eigenvalue weighted by atomic mass is 10.0. The van der Waals surface area contributed by atoms with Crippen molar-refractivity contribution >= 4 is 51.4 Å². The summed E-state index contributed by atoms with van der Waals surface area (Å²) in [6.45, 7) is 6.04. The summed E-state index contributed by atoms with van der Waals surface area (Å²) in [7, 11) is -0.947. The Bertz CT molecular complexity index is 1620. The summed E-state index contributed by atoms with van der Waals surface area (Å²) in [6, 6.07) is 10.8. The van der Waals surface area contributed by atoms with Gasteiger partial charge in [-0.2, -0.15) is 13.2 Å². The molecule has 3 heterocycles. The standard InChI is InChI=1S/C31H35F3N3O5PS/c1-40-27-16-22(43(2,3)39)9-10-25(27)35-13-5-8-28-24(17-31(32,33)34)23-6-4-7-26(29(23)44-28)36-20-11-14-37(15-12-20)18-21-19-41-30(38)42-21/h4,6-7,9-10,16,20-21,35-36H,11-15,17-19H2,1-3H3. The highest BCUT2D eigenvalue weighted by molar-refractivity contribution is 7.70. The van der Waals surface area contributed by atoms with E-state index in [1.54, 1.807) is 43.7 Å². The molecule has 2 fully saturated rings. The Labute approximate surface area is 258 Å². The molecule has 0 saturated carbocycles. The number of benzene rings is 2. The first-order valence-electron chi connectivity index (χ1n) is 14.3. The maximum absolute atomic E-state index is 13.7. The van der Waals surface area contributed by atoms with Crippen molar-refractivity contribution in [2.75, 3.05) is 63.9 Å². The Balaban J connectivity index is 1.30. The Morgan fingerprint density at radius 3 is 2.59 bits per heavy atom. The van der Waals surface area contributed by atoms with Gasteiger partial charge >= 0.3 is 12.3 Å². The van der Waals surface area contributed by atoms with Crippen molar-refractivity contribution in [1.29, 1.82) is 0 Å². The SMILES string of the molecule is COc1cc(P(C)(C)=O)ccc1NCC#Cc1sc2c(NC3CCN(CC4COC(=O)O4)CC3)cccc2c1CC(F)(F)F. The van der Waals surface area contributed by atoms with E-state index in [-0.39, 0.29) is 30.9 Å². The van der Waals surface area contributed by atoms with Gasteiger partial charge in [-0.25, -0.2) is 4.79 Å². The zero-order valence-electron chi connectivity index (χ0n) is 24.8. The highest BCUT2D eigenvalue weighted by Crippen LogP contribution is 2.40. The van der Waals surface area contributed by atoms with Gasteiger partial charge in [-0.05, 0) is 61.4 Å². The Hall–Kier alpha value is -3.39. The number of hydrogen-bond donors (Lipinski definition) is 2. The zero-order valence-corrected chi connectivity index (χ0v) is 26.5. The highest BCUT2D eigenvalue weighted by Gasteiger charge is 2.32. The average molecular weight is 650 g/mol. The summed E-state index contributed by atoms with van der Waals surface area (Å²) in [5, 5.41) is 7.96. The number of alkyl halides is 3. The van der Waals surface area contributed by atoms with E-state index < -0.39 is 25.9 Å². The summed E-state index contributed by atoms with van der Waals surface area (Å²) in [5.74, 6) is 6.48. The quantitative estimate of drug-likeness (QED) is 0.163. The number of halogens is 3. The topological polar surface area (TPSA) is 89.1 Å². The van der Waals surface area contributed by atoms with Gasteiger partial charge in [-0.15, -0.1) is 11.3 Å². The molecule has 2 N–H and O–H groups in total. The number of nitrogens with one attached hydrogen (secondary N) is 2. The van der Waals surface area contributed by atoms with E-state index in [0.717, 1.165) is 36.3 Å². The fourth-order valence-electron chi connectivity index (χ4n) is 5.41. The molecule has 0 spiro atoms. The van der Waals surface area contributed by atoms with Gasteiger partial charge in [0.05, 0.1) is 41.0 Å². The number of piperidine rings is 1. The maximum atomic E-state index is 13.7. The van der Waals surface area contributed by atoms with Crippen LogP contribution in [-0.2, 0) is 20.5 Å². The molecule has 0 aliphatic carbocycles. The van der Waals surface area contributed by atoms with Gasteiger partial charge in [0, 0.05) is 31.0 Å². The summed E-state index contributed by atoms with van der Waals surface area (Å²) in [5.41, 5.74) is 1.63. The van der Waals surface area contributed by atoms with Crippen LogP contribution in [0.4, 0.5) is 29.3 Å². The first kappa shape index (κ1) is 32.0. The number of rotatable bonds is 9. The highest BCUT2D eigenvalue weighted by atomic mass is 32.1. The van der Waals surface area contributed by atoms with Gasteiger partial charge < -0.3 is 29.4 Å². The minimum absolute atomic E-state index is 0.154. The molecule has 2 aliphatic rings. The molecule has 2 aliphatic heterocycles. The van der Waals surface area contributed by atoms with E-state index in [4.69, 9.17) is 14.2 Å². The van der Waals surface area contributed by atoms with E-state index in [9.17, 15) is 22.5 Å². The predicted molar refractivity (Wildman–Crippen MR) is 168 cm³/mol. The van der Waals surface area contributed by atoms with Crippen LogP contribution in [0.3, 0.4) is 0 Å². The molecule has 236 valence electrons. The summed E-state index contributed by atoms with van der Waals surface area (Å²) in [6.07, 6.45) is -4.65. The molecule has 44 heavy (non-hydrogen) atoms. The Morgan fingerprint density at radius 2 is 1.93 bits per heavy atom. The van der Waals surface area contributed by atoms with Crippen molar-refractivity contribution in [2.24, 2.45) is 0 Å². The van der Waals surface area contributed by atoms with E-state index in [1.165, 1.54) is 18.4 Å². The smallest absolute Gasteiger partial charge is 0.495 e. The molecular weight excluding hydrogens is 614 g/mol. The zero-order chi connectivity index (χ0) is 31.5. The fourth-order valence-corrected chi connectivity index (χ4v) is 7.44. The second kappa shape index (κ2) is 13.3. The molecule has 1 aromatic heterocycles. The second-order valence-electron chi connectivity index (χ2n) is 11.3. The molecule has 0 bridgehead atoms. The molecule has 2 saturated heterocycles. The fraction of sp³-hybridized carbons (Fsp3) is 0.452. The summed E-state index contributed by atoms with van der Waals surface area (Å²) < 4.78 is 69.6. The maximum Gasteiger partial charge on any atom is 0.508 e. The van der Waals surface area contributed by atoms with E-state index >= 15 is 0 Å². The third-order valence-electron chi connectivity index (χ3n) is 7.63. The van der Waals surface area contributed by atoms with Crippen LogP contribution in [0.25, 0.3) is 10.1 Å². The normalized spacial score (nSPS) is 18.0. The van der Waals surface area contributed by atoms with Crippen LogP contribution < -0.4 is 20.7 Å². The molecule has 13 heteroatoms. The van der Waals surface area contributed by atoms with Gasteiger partial charge in [0.2, 0.25) is 0 Å². The predicted octanol–water partition coefficient (Wildman–Crippen LogP) is 6.14. The number of ether oxygens (including phenoxy) is 3. The van der Waals surface area contributed by atoms with E-state index in [1.807, 2.05) is 6.07 Å². The minimum Gasteiger partial charge on any atom is -0.495 e. The minimum atomic E-state index is -4.38. The van der Waals surface area contributed by atoms with Gasteiger partial charge in [0.25, 0.3) is 0 Å². The van der Waals surface area contributed by atoms with Crippen molar-refractivity contribution in [3.63, 3.8) is 0 Å². The molecule has 0 amide bonds. The Kier molecular flexibility index (Phi) is 9.68. The van der Waals surface area contributed by atoms with Crippen molar-refractivity contribution < 1.29 is 36.7 Å². The van der Waals surface area contributed by atoms with Crippen molar-refractivity contribution in [2.45, 2.75) is 37.6 Å². The van der Waals surface area contributed by atoms with Crippen LogP contribution in [0.15, 0.2) is 36.4 Å². The number of carbonyl (C=O) groups excluding carboxylic acids is 1. The van der Waals surface area contributed by atoms with Crippen LogP contribution in [0.2, 0.25) is 0 Å². The number of nitrogens with zero attached hydrogens (tertiary/aromatic N) is 1. The van der Waals surface area contributed by atoms with Gasteiger partial charge in [0.1, 0.15) is 19.5 Å². The van der Waals surface area contributed by atoms with Gasteiger partial charge in [-0.3, -0.25) is 4.90 Å². The molecule has 5 rings (SSSR count). The first-order chi connectivity index (χ1) is 20.9. The molecule has 0 radical (unpaired) electrons. The molecule has 1 atom stereocenters. The van der Waals surface area contributed by atoms with Crippen LogP contribution >= 0.6 is 18.5 Å². The Morgan fingerprint density at radius 1 is 1.16 bits per heavy atom. The largest absolute Gasteiger partial charge is 0.508 e. The molecule has 3 aromatic rings. The molecule has 1 unspecified atom stereocenters. The number of cyclic esters (lactones) is 2.